The Balaban J connectivity index is 2.02. The third-order valence-corrected chi connectivity index (χ3v) is 3.69. The molecule has 3 rings (SSSR count). The molecule has 3 heteroatoms. The number of fused-ring (bicyclic) bond motifs is 1. The number of rotatable bonds is 2. The van der Waals surface area contributed by atoms with Crippen LogP contribution in [0.25, 0.3) is 0 Å². The van der Waals surface area contributed by atoms with Crippen LogP contribution in [0.4, 0.5) is 10.1 Å². The molecule has 0 amide bonds. The lowest BCUT2D eigenvalue weighted by molar-refractivity contribution is 0.101. The molecule has 1 heterocycles. The summed E-state index contributed by atoms with van der Waals surface area (Å²) >= 11 is 0. The predicted molar refractivity (Wildman–Crippen MR) is 77.5 cm³/mol. The van der Waals surface area contributed by atoms with Crippen molar-refractivity contribution < 1.29 is 9.18 Å². The van der Waals surface area contributed by atoms with Crippen LogP contribution < -0.4 is 0 Å². The van der Waals surface area contributed by atoms with Crippen LogP contribution in [0.15, 0.2) is 47.5 Å². The van der Waals surface area contributed by atoms with Gasteiger partial charge in [0.2, 0.25) is 0 Å². The minimum atomic E-state index is -0.253. The number of carbonyl (C=O) groups is 1. The second-order valence-electron chi connectivity index (χ2n) is 5.06. The van der Waals surface area contributed by atoms with Gasteiger partial charge in [-0.05, 0) is 48.4 Å². The molecule has 0 radical (unpaired) electrons. The van der Waals surface area contributed by atoms with E-state index in [-0.39, 0.29) is 17.5 Å². The number of hydrogen-bond donors (Lipinski definition) is 0. The molecule has 0 N–H and O–H groups in total. The molecule has 1 unspecified atom stereocenters. The fourth-order valence-electron chi connectivity index (χ4n) is 2.53. The maximum absolute atomic E-state index is 13.0. The first-order valence-electron chi connectivity index (χ1n) is 6.55. The van der Waals surface area contributed by atoms with Gasteiger partial charge in [0, 0.05) is 11.5 Å². The highest BCUT2D eigenvalue weighted by atomic mass is 19.1. The van der Waals surface area contributed by atoms with Gasteiger partial charge in [-0.15, -0.1) is 0 Å². The van der Waals surface area contributed by atoms with E-state index < -0.39 is 0 Å². The lowest BCUT2D eigenvalue weighted by atomic mass is 9.92. The molecule has 1 aliphatic rings. The summed E-state index contributed by atoms with van der Waals surface area (Å²) in [6.45, 7) is 3.61. The van der Waals surface area contributed by atoms with Crippen LogP contribution in [0.3, 0.4) is 0 Å². The van der Waals surface area contributed by atoms with Crippen molar-refractivity contribution in [2.24, 2.45) is 4.99 Å². The molecule has 100 valence electrons. The molecule has 0 saturated carbocycles. The SMILES string of the molecule is CC(=O)c1ccc2c(c1)C(C)C(c1ccc(F)cc1)=N2. The second-order valence-corrected chi connectivity index (χ2v) is 5.06. The van der Waals surface area contributed by atoms with E-state index in [0.717, 1.165) is 22.5 Å². The van der Waals surface area contributed by atoms with E-state index in [2.05, 4.69) is 11.9 Å². The average molecular weight is 267 g/mol. The highest BCUT2D eigenvalue weighted by Crippen LogP contribution is 2.37. The minimum absolute atomic E-state index is 0.0511. The summed E-state index contributed by atoms with van der Waals surface area (Å²) in [6, 6.07) is 11.9. The standard InChI is InChI=1S/C17H14FNO/c1-10-15-9-13(11(2)20)5-8-16(15)19-17(10)12-3-6-14(18)7-4-12/h3-10H,1-2H3. The van der Waals surface area contributed by atoms with Gasteiger partial charge in [-0.2, -0.15) is 0 Å². The van der Waals surface area contributed by atoms with Crippen LogP contribution in [0.1, 0.15) is 41.3 Å². The fraction of sp³-hybridized carbons (Fsp3) is 0.176. The first-order chi connectivity index (χ1) is 9.56. The van der Waals surface area contributed by atoms with Gasteiger partial charge in [0.1, 0.15) is 5.82 Å². The zero-order valence-corrected chi connectivity index (χ0v) is 11.4. The molecule has 0 aromatic heterocycles. The van der Waals surface area contributed by atoms with Gasteiger partial charge in [-0.1, -0.05) is 19.1 Å². The van der Waals surface area contributed by atoms with Gasteiger partial charge in [0.25, 0.3) is 0 Å². The number of hydrogen-bond acceptors (Lipinski definition) is 2. The van der Waals surface area contributed by atoms with Gasteiger partial charge in [-0.25, -0.2) is 4.39 Å². The second kappa shape index (κ2) is 4.67. The summed E-state index contributed by atoms with van der Waals surface area (Å²) in [5.74, 6) is -0.0960. The largest absolute Gasteiger partial charge is 0.295 e. The number of nitrogens with zero attached hydrogens (tertiary/aromatic N) is 1. The van der Waals surface area contributed by atoms with Gasteiger partial charge in [-0.3, -0.25) is 9.79 Å². The molecule has 2 aromatic rings. The number of benzene rings is 2. The van der Waals surface area contributed by atoms with Crippen LogP contribution in [-0.4, -0.2) is 11.5 Å². The van der Waals surface area contributed by atoms with Crippen LogP contribution in [0.5, 0.6) is 0 Å². The van der Waals surface area contributed by atoms with Crippen molar-refractivity contribution in [3.8, 4) is 0 Å². The van der Waals surface area contributed by atoms with E-state index in [4.69, 9.17) is 0 Å². The maximum atomic E-state index is 13.0. The quantitative estimate of drug-likeness (QED) is 0.747. The number of Topliss-reactive ketones (excluding diaryl/α,β-unsaturated/α-hetero) is 1. The van der Waals surface area contributed by atoms with Crippen LogP contribution >= 0.6 is 0 Å². The highest BCUT2D eigenvalue weighted by Gasteiger charge is 2.25. The van der Waals surface area contributed by atoms with Crippen LogP contribution in [-0.2, 0) is 0 Å². The van der Waals surface area contributed by atoms with Gasteiger partial charge < -0.3 is 0 Å². The van der Waals surface area contributed by atoms with Crippen LogP contribution in [0.2, 0.25) is 0 Å². The topological polar surface area (TPSA) is 29.4 Å². The minimum Gasteiger partial charge on any atom is -0.295 e. The maximum Gasteiger partial charge on any atom is 0.159 e. The molecule has 0 saturated heterocycles. The molecule has 1 atom stereocenters. The summed E-state index contributed by atoms with van der Waals surface area (Å²) in [7, 11) is 0. The Bertz CT molecular complexity index is 716. The Morgan fingerprint density at radius 2 is 1.85 bits per heavy atom. The molecule has 0 bridgehead atoms. The molecule has 0 fully saturated rings. The Morgan fingerprint density at radius 1 is 1.15 bits per heavy atom. The lowest BCUT2D eigenvalue weighted by Crippen LogP contribution is -2.06. The molecule has 2 aromatic carbocycles. The number of aliphatic imine (C=N–C) groups is 1. The smallest absolute Gasteiger partial charge is 0.159 e. The van der Waals surface area contributed by atoms with Gasteiger partial charge in [0.05, 0.1) is 11.4 Å². The summed E-state index contributed by atoms with van der Waals surface area (Å²) < 4.78 is 13.0. The van der Waals surface area contributed by atoms with E-state index in [0.29, 0.717) is 5.56 Å². The first kappa shape index (κ1) is 12.7. The molecule has 0 spiro atoms. The third kappa shape index (κ3) is 2.05. The summed E-state index contributed by atoms with van der Waals surface area (Å²) in [6.07, 6.45) is 0. The van der Waals surface area contributed by atoms with E-state index in [1.165, 1.54) is 12.1 Å². The van der Waals surface area contributed by atoms with Crippen molar-refractivity contribution in [1.29, 1.82) is 0 Å². The summed E-state index contributed by atoms with van der Waals surface area (Å²) in [4.78, 5) is 16.1. The van der Waals surface area contributed by atoms with Gasteiger partial charge in [0.15, 0.2) is 5.78 Å². The Morgan fingerprint density at radius 3 is 2.50 bits per heavy atom. The zero-order chi connectivity index (χ0) is 14.3. The van der Waals surface area contributed by atoms with E-state index in [1.54, 1.807) is 25.1 Å². The molecular formula is C17H14FNO. The van der Waals surface area contributed by atoms with Crippen molar-refractivity contribution >= 4 is 17.2 Å². The predicted octanol–water partition coefficient (Wildman–Crippen LogP) is 4.27. The molecule has 2 nitrogen and oxygen atoms in total. The number of ketones is 1. The van der Waals surface area contributed by atoms with Crippen molar-refractivity contribution in [2.45, 2.75) is 19.8 Å². The zero-order valence-electron chi connectivity index (χ0n) is 11.4. The van der Waals surface area contributed by atoms with E-state index >= 15 is 0 Å². The molecule has 0 aliphatic carbocycles. The van der Waals surface area contributed by atoms with Crippen molar-refractivity contribution in [1.82, 2.24) is 0 Å². The molecule has 1 aliphatic heterocycles. The normalized spacial score (nSPS) is 16.8. The molecular weight excluding hydrogens is 253 g/mol. The Hall–Kier alpha value is -2.29. The number of halogens is 1. The summed E-state index contributed by atoms with van der Waals surface area (Å²) in [5, 5.41) is 0. The van der Waals surface area contributed by atoms with E-state index in [1.807, 2.05) is 12.1 Å². The number of carbonyl (C=O) groups excluding carboxylic acids is 1. The van der Waals surface area contributed by atoms with Gasteiger partial charge >= 0.3 is 0 Å². The van der Waals surface area contributed by atoms with E-state index in [9.17, 15) is 9.18 Å². The Labute approximate surface area is 117 Å². The fourth-order valence-corrected chi connectivity index (χ4v) is 2.53. The molecule has 20 heavy (non-hydrogen) atoms. The lowest BCUT2D eigenvalue weighted by Gasteiger charge is -2.09. The first-order valence-corrected chi connectivity index (χ1v) is 6.55. The summed E-state index contributed by atoms with van der Waals surface area (Å²) in [5.41, 5.74) is 4.48. The van der Waals surface area contributed by atoms with Crippen molar-refractivity contribution in [3.63, 3.8) is 0 Å². The highest BCUT2D eigenvalue weighted by molar-refractivity contribution is 6.10. The average Bonchev–Trinajstić information content (AvgIpc) is 2.76. The van der Waals surface area contributed by atoms with Crippen LogP contribution in [0, 0.1) is 5.82 Å². The monoisotopic (exact) mass is 267 g/mol. The third-order valence-electron chi connectivity index (χ3n) is 3.69. The Kier molecular flexibility index (Phi) is 2.97. The van der Waals surface area contributed by atoms with Crippen molar-refractivity contribution in [3.05, 3.63) is 65.0 Å². The van der Waals surface area contributed by atoms with Crippen molar-refractivity contribution in [2.75, 3.05) is 0 Å².